The van der Waals surface area contributed by atoms with Crippen molar-refractivity contribution in [3.05, 3.63) is 0 Å². The molecule has 0 aromatic heterocycles. The Hall–Kier alpha value is -0.200. The van der Waals surface area contributed by atoms with Gasteiger partial charge in [0.25, 0.3) is 0 Å². The van der Waals surface area contributed by atoms with Gasteiger partial charge in [0.15, 0.2) is 0 Å². The second-order valence-electron chi connectivity index (χ2n) is 5.74. The van der Waals surface area contributed by atoms with Gasteiger partial charge in [-0.25, -0.2) is 0 Å². The minimum Gasteiger partial charge on any atom is -0.389 e. The Morgan fingerprint density at radius 3 is 2.70 bits per heavy atom. The van der Waals surface area contributed by atoms with Gasteiger partial charge < -0.3 is 24.6 Å². The van der Waals surface area contributed by atoms with E-state index in [1.54, 1.807) is 0 Å². The van der Waals surface area contributed by atoms with Gasteiger partial charge in [0.2, 0.25) is 0 Å². The average molecular weight is 289 g/mol. The fourth-order valence-corrected chi connectivity index (χ4v) is 2.19. The van der Waals surface area contributed by atoms with Gasteiger partial charge in [0.05, 0.1) is 32.0 Å². The van der Waals surface area contributed by atoms with Crippen LogP contribution in [0.1, 0.15) is 33.6 Å². The van der Waals surface area contributed by atoms with Crippen LogP contribution in [0.2, 0.25) is 0 Å². The number of hydrogen-bond donors (Lipinski definition) is 2. The second-order valence-corrected chi connectivity index (χ2v) is 5.74. The molecule has 0 saturated carbocycles. The molecule has 0 aromatic rings. The summed E-state index contributed by atoms with van der Waals surface area (Å²) in [5, 5.41) is 13.3. The Morgan fingerprint density at radius 2 is 2.10 bits per heavy atom. The number of rotatable bonds is 11. The van der Waals surface area contributed by atoms with Crippen LogP contribution in [0.5, 0.6) is 0 Å². The molecule has 3 unspecified atom stereocenters. The van der Waals surface area contributed by atoms with E-state index in [2.05, 4.69) is 19.2 Å². The molecule has 120 valence electrons. The van der Waals surface area contributed by atoms with Gasteiger partial charge in [-0.2, -0.15) is 0 Å². The lowest BCUT2D eigenvalue weighted by atomic mass is 10.1. The smallest absolute Gasteiger partial charge is 0.0897 e. The fourth-order valence-electron chi connectivity index (χ4n) is 2.19. The lowest BCUT2D eigenvalue weighted by Crippen LogP contribution is -2.43. The van der Waals surface area contributed by atoms with Crippen LogP contribution in [-0.4, -0.2) is 62.9 Å². The Bertz CT molecular complexity index is 232. The average Bonchev–Trinajstić information content (AvgIpc) is 2.91. The molecular weight excluding hydrogens is 258 g/mol. The summed E-state index contributed by atoms with van der Waals surface area (Å²) in [6.45, 7) is 10.00. The summed E-state index contributed by atoms with van der Waals surface area (Å²) in [6, 6.07) is 0.266. The fraction of sp³-hybridized carbons (Fsp3) is 1.00. The number of ether oxygens (including phenoxy) is 3. The van der Waals surface area contributed by atoms with Crippen molar-refractivity contribution in [2.24, 2.45) is 5.92 Å². The highest BCUT2D eigenvalue weighted by Gasteiger charge is 2.17. The molecule has 0 aliphatic carbocycles. The van der Waals surface area contributed by atoms with Crippen LogP contribution in [0, 0.1) is 5.92 Å². The van der Waals surface area contributed by atoms with Crippen molar-refractivity contribution in [1.82, 2.24) is 5.32 Å². The zero-order valence-electron chi connectivity index (χ0n) is 13.1. The molecule has 0 amide bonds. The number of aliphatic hydroxyl groups excluding tert-OH is 1. The molecule has 0 aromatic carbocycles. The topological polar surface area (TPSA) is 60.0 Å². The molecule has 1 rings (SSSR count). The van der Waals surface area contributed by atoms with Crippen molar-refractivity contribution in [2.45, 2.75) is 51.9 Å². The molecule has 0 radical (unpaired) electrons. The SMILES string of the molecule is CCOCC(NCC(O)COCC1CCCO1)C(C)C. The first-order chi connectivity index (χ1) is 9.63. The molecule has 1 aliphatic rings. The molecule has 3 atom stereocenters. The Morgan fingerprint density at radius 1 is 1.30 bits per heavy atom. The molecule has 20 heavy (non-hydrogen) atoms. The first-order valence-electron chi connectivity index (χ1n) is 7.82. The third-order valence-corrected chi connectivity index (χ3v) is 3.56. The highest BCUT2D eigenvalue weighted by atomic mass is 16.5. The van der Waals surface area contributed by atoms with Crippen LogP contribution in [0.25, 0.3) is 0 Å². The van der Waals surface area contributed by atoms with Gasteiger partial charge >= 0.3 is 0 Å². The van der Waals surface area contributed by atoms with E-state index in [0.29, 0.717) is 32.3 Å². The third-order valence-electron chi connectivity index (χ3n) is 3.56. The second kappa shape index (κ2) is 10.5. The molecule has 0 spiro atoms. The monoisotopic (exact) mass is 289 g/mol. The van der Waals surface area contributed by atoms with Crippen LogP contribution in [0.15, 0.2) is 0 Å². The summed E-state index contributed by atoms with van der Waals surface area (Å²) in [5.74, 6) is 0.474. The quantitative estimate of drug-likeness (QED) is 0.598. The minimum atomic E-state index is -0.487. The first-order valence-corrected chi connectivity index (χ1v) is 7.82. The maximum absolute atomic E-state index is 9.91. The molecular formula is C15H31NO4. The Kier molecular flexibility index (Phi) is 9.39. The minimum absolute atomic E-state index is 0.219. The molecule has 2 N–H and O–H groups in total. The van der Waals surface area contributed by atoms with Crippen molar-refractivity contribution in [1.29, 1.82) is 0 Å². The maximum atomic E-state index is 9.91. The van der Waals surface area contributed by atoms with E-state index < -0.39 is 6.10 Å². The van der Waals surface area contributed by atoms with E-state index >= 15 is 0 Å². The summed E-state index contributed by atoms with van der Waals surface area (Å²) in [4.78, 5) is 0. The van der Waals surface area contributed by atoms with Crippen LogP contribution in [0.3, 0.4) is 0 Å². The summed E-state index contributed by atoms with van der Waals surface area (Å²) >= 11 is 0. The molecule has 5 nitrogen and oxygen atoms in total. The summed E-state index contributed by atoms with van der Waals surface area (Å²) in [6.07, 6.45) is 1.92. The van der Waals surface area contributed by atoms with E-state index in [-0.39, 0.29) is 12.1 Å². The van der Waals surface area contributed by atoms with Gasteiger partial charge in [0.1, 0.15) is 0 Å². The van der Waals surface area contributed by atoms with Gasteiger partial charge in [-0.3, -0.25) is 0 Å². The lowest BCUT2D eigenvalue weighted by Gasteiger charge is -2.24. The standard InChI is InChI=1S/C15H31NO4/c1-4-18-11-15(12(2)3)16-8-13(17)9-19-10-14-6-5-7-20-14/h12-17H,4-11H2,1-3H3. The predicted molar refractivity (Wildman–Crippen MR) is 78.9 cm³/mol. The lowest BCUT2D eigenvalue weighted by molar-refractivity contribution is -0.0181. The number of hydrogen-bond acceptors (Lipinski definition) is 5. The molecule has 1 heterocycles. The first kappa shape index (κ1) is 17.9. The number of aliphatic hydroxyl groups is 1. The summed E-state index contributed by atoms with van der Waals surface area (Å²) < 4.78 is 16.4. The van der Waals surface area contributed by atoms with Gasteiger partial charge in [0, 0.05) is 25.8 Å². The highest BCUT2D eigenvalue weighted by molar-refractivity contribution is 4.72. The van der Waals surface area contributed by atoms with Crippen LogP contribution in [0.4, 0.5) is 0 Å². The van der Waals surface area contributed by atoms with Crippen LogP contribution < -0.4 is 5.32 Å². The van der Waals surface area contributed by atoms with E-state index in [1.807, 2.05) is 6.92 Å². The van der Waals surface area contributed by atoms with Crippen molar-refractivity contribution >= 4 is 0 Å². The predicted octanol–water partition coefficient (Wildman–Crippen LogP) is 1.19. The zero-order valence-corrected chi connectivity index (χ0v) is 13.1. The summed E-state index contributed by atoms with van der Waals surface area (Å²) in [5.41, 5.74) is 0. The molecule has 1 saturated heterocycles. The van der Waals surface area contributed by atoms with Crippen molar-refractivity contribution in [2.75, 3.05) is 39.6 Å². The van der Waals surface area contributed by atoms with Crippen molar-refractivity contribution in [3.63, 3.8) is 0 Å². The highest BCUT2D eigenvalue weighted by Crippen LogP contribution is 2.11. The normalized spacial score (nSPS) is 22.4. The largest absolute Gasteiger partial charge is 0.389 e. The van der Waals surface area contributed by atoms with Gasteiger partial charge in [-0.05, 0) is 25.7 Å². The van der Waals surface area contributed by atoms with Crippen LogP contribution >= 0.6 is 0 Å². The van der Waals surface area contributed by atoms with Crippen molar-refractivity contribution in [3.8, 4) is 0 Å². The Labute approximate surface area is 123 Å². The molecule has 5 heteroatoms. The zero-order chi connectivity index (χ0) is 14.8. The summed E-state index contributed by atoms with van der Waals surface area (Å²) in [7, 11) is 0. The van der Waals surface area contributed by atoms with E-state index in [1.165, 1.54) is 0 Å². The Balaban J connectivity index is 2.08. The number of nitrogens with one attached hydrogen (secondary N) is 1. The van der Waals surface area contributed by atoms with Gasteiger partial charge in [-0.15, -0.1) is 0 Å². The third kappa shape index (κ3) is 7.55. The van der Waals surface area contributed by atoms with Crippen molar-refractivity contribution < 1.29 is 19.3 Å². The molecule has 1 aliphatic heterocycles. The molecule has 1 fully saturated rings. The maximum Gasteiger partial charge on any atom is 0.0897 e. The van der Waals surface area contributed by atoms with E-state index in [9.17, 15) is 5.11 Å². The van der Waals surface area contributed by atoms with E-state index in [0.717, 1.165) is 26.1 Å². The van der Waals surface area contributed by atoms with Crippen LogP contribution in [-0.2, 0) is 14.2 Å². The van der Waals surface area contributed by atoms with E-state index in [4.69, 9.17) is 14.2 Å². The molecule has 0 bridgehead atoms. The van der Waals surface area contributed by atoms with Gasteiger partial charge in [-0.1, -0.05) is 13.8 Å².